The Hall–Kier alpha value is 0.120. The predicted octanol–water partition coefficient (Wildman–Crippen LogP) is -2.19. The van der Waals surface area contributed by atoms with Crippen molar-refractivity contribution in [2.24, 2.45) is 0 Å². The van der Waals surface area contributed by atoms with E-state index in [-0.39, 0.29) is 36.6 Å². The number of carbonyl (C=O) groups is 1. The van der Waals surface area contributed by atoms with Crippen molar-refractivity contribution in [2.45, 2.75) is 20.3 Å². The van der Waals surface area contributed by atoms with Crippen LogP contribution in [-0.4, -0.2) is 18.9 Å². The second kappa shape index (κ2) is 6.56. The van der Waals surface area contributed by atoms with Gasteiger partial charge in [0.2, 0.25) is 0 Å². The van der Waals surface area contributed by atoms with E-state index < -0.39 is 16.4 Å². The standard InChI is InChI=1S/C6H10O5S.Na.H/c1-3-4-5(2)6(7)11-12(8,9)10;;/h4H,3H2,1-2H3,(H,8,9,10);;/q;+1;-1. The predicted molar refractivity (Wildman–Crippen MR) is 42.8 cm³/mol. The number of allylic oxidation sites excluding steroid dienone is 1. The zero-order valence-electron chi connectivity index (χ0n) is 8.77. The van der Waals surface area contributed by atoms with Crippen molar-refractivity contribution in [3.63, 3.8) is 0 Å². The van der Waals surface area contributed by atoms with Gasteiger partial charge >= 0.3 is 45.9 Å². The molecule has 0 heterocycles. The Labute approximate surface area is 101 Å². The molecule has 0 atom stereocenters. The van der Waals surface area contributed by atoms with E-state index >= 15 is 0 Å². The third kappa shape index (κ3) is 8.45. The summed E-state index contributed by atoms with van der Waals surface area (Å²) in [7, 11) is -4.68. The molecule has 5 nitrogen and oxygen atoms in total. The first-order chi connectivity index (χ1) is 5.37. The van der Waals surface area contributed by atoms with Crippen molar-refractivity contribution in [1.82, 2.24) is 0 Å². The van der Waals surface area contributed by atoms with Crippen LogP contribution in [0, 0.1) is 0 Å². The molecule has 0 radical (unpaired) electrons. The van der Waals surface area contributed by atoms with Crippen molar-refractivity contribution in [2.75, 3.05) is 0 Å². The van der Waals surface area contributed by atoms with Gasteiger partial charge in [-0.1, -0.05) is 13.0 Å². The molecule has 0 aliphatic carbocycles. The van der Waals surface area contributed by atoms with Crippen LogP contribution in [-0.2, 0) is 19.4 Å². The molecule has 0 aromatic heterocycles. The van der Waals surface area contributed by atoms with Crippen molar-refractivity contribution in [3.05, 3.63) is 11.6 Å². The average Bonchev–Trinajstić information content (AvgIpc) is 1.84. The van der Waals surface area contributed by atoms with Crippen molar-refractivity contribution >= 4 is 16.4 Å². The average molecular weight is 218 g/mol. The van der Waals surface area contributed by atoms with Gasteiger partial charge in [-0.05, 0) is 13.3 Å². The minimum atomic E-state index is -4.68. The molecule has 72 valence electrons. The van der Waals surface area contributed by atoms with Crippen LogP contribution >= 0.6 is 0 Å². The molecule has 1 N–H and O–H groups in total. The summed E-state index contributed by atoms with van der Waals surface area (Å²) in [5, 5.41) is 0. The topological polar surface area (TPSA) is 80.7 Å². The molecule has 0 amide bonds. The molecular weight excluding hydrogens is 207 g/mol. The molecule has 0 aliphatic heterocycles. The SMILES string of the molecule is CCC=C(C)C(=O)OS(=O)(=O)O.[H-].[Na+]. The van der Waals surface area contributed by atoms with Crippen molar-refractivity contribution in [3.8, 4) is 0 Å². The number of hydrogen-bond donors (Lipinski definition) is 1. The van der Waals surface area contributed by atoms with E-state index in [2.05, 4.69) is 4.18 Å². The Balaban J connectivity index is -0.000000605. The Bertz CT molecular complexity index is 297. The fourth-order valence-electron chi connectivity index (χ4n) is 0.551. The molecular formula is C6H11NaO5S. The van der Waals surface area contributed by atoms with Gasteiger partial charge in [0.15, 0.2) is 0 Å². The molecule has 7 heteroatoms. The van der Waals surface area contributed by atoms with Crippen LogP contribution in [0.25, 0.3) is 0 Å². The summed E-state index contributed by atoms with van der Waals surface area (Å²) >= 11 is 0. The van der Waals surface area contributed by atoms with Crippen LogP contribution in [0.2, 0.25) is 0 Å². The second-order valence-corrected chi connectivity index (χ2v) is 3.12. The van der Waals surface area contributed by atoms with Crippen LogP contribution in [0.4, 0.5) is 0 Å². The molecule has 0 saturated heterocycles. The molecule has 0 spiro atoms. The van der Waals surface area contributed by atoms with Gasteiger partial charge in [-0.25, -0.2) is 4.79 Å². The van der Waals surface area contributed by atoms with Crippen molar-refractivity contribution in [1.29, 1.82) is 0 Å². The van der Waals surface area contributed by atoms with E-state index in [9.17, 15) is 13.2 Å². The third-order valence-electron chi connectivity index (χ3n) is 1.01. The molecule has 0 saturated carbocycles. The van der Waals surface area contributed by atoms with Gasteiger partial charge in [-0.15, -0.1) is 0 Å². The first-order valence-electron chi connectivity index (χ1n) is 3.24. The normalized spacial score (nSPS) is 11.8. The minimum Gasteiger partial charge on any atom is -1.00 e. The van der Waals surface area contributed by atoms with Gasteiger partial charge in [-0.2, -0.15) is 8.42 Å². The maximum absolute atomic E-state index is 10.7. The van der Waals surface area contributed by atoms with E-state index in [1.807, 2.05) is 0 Å². The van der Waals surface area contributed by atoms with Gasteiger partial charge in [0.25, 0.3) is 0 Å². The summed E-state index contributed by atoms with van der Waals surface area (Å²) in [4.78, 5) is 10.7. The number of rotatable bonds is 3. The molecule has 0 aliphatic rings. The summed E-state index contributed by atoms with van der Waals surface area (Å²) in [6.07, 6.45) is 2.08. The van der Waals surface area contributed by atoms with Crippen LogP contribution in [0.5, 0.6) is 0 Å². The molecule has 0 rings (SSSR count). The minimum absolute atomic E-state index is 0. The largest absolute Gasteiger partial charge is 1.00 e. The molecule has 0 fully saturated rings. The second-order valence-electron chi connectivity index (χ2n) is 2.09. The molecule has 13 heavy (non-hydrogen) atoms. The summed E-state index contributed by atoms with van der Waals surface area (Å²) < 4.78 is 31.9. The smallest absolute Gasteiger partial charge is 1.00 e. The number of hydrogen-bond acceptors (Lipinski definition) is 4. The monoisotopic (exact) mass is 218 g/mol. The summed E-state index contributed by atoms with van der Waals surface area (Å²) in [6, 6.07) is 0. The number of carbonyl (C=O) groups excluding carboxylic acids is 1. The first-order valence-corrected chi connectivity index (χ1v) is 4.61. The maximum Gasteiger partial charge on any atom is 1.00 e. The van der Waals surface area contributed by atoms with Gasteiger partial charge in [0, 0.05) is 5.57 Å². The fourth-order valence-corrected chi connectivity index (χ4v) is 0.874. The summed E-state index contributed by atoms with van der Waals surface area (Å²) in [6.45, 7) is 3.18. The Morgan fingerprint density at radius 3 is 2.38 bits per heavy atom. The van der Waals surface area contributed by atoms with E-state index in [0.29, 0.717) is 6.42 Å². The Kier molecular flexibility index (Phi) is 7.86. The van der Waals surface area contributed by atoms with Gasteiger partial charge in [0.1, 0.15) is 0 Å². The van der Waals surface area contributed by atoms with E-state index in [1.165, 1.54) is 13.0 Å². The van der Waals surface area contributed by atoms with Crippen LogP contribution in [0.3, 0.4) is 0 Å². The van der Waals surface area contributed by atoms with Gasteiger partial charge < -0.3 is 5.61 Å². The summed E-state index contributed by atoms with van der Waals surface area (Å²) in [5.74, 6) is -1.06. The van der Waals surface area contributed by atoms with E-state index in [0.717, 1.165) is 0 Å². The molecule has 0 aromatic rings. The quantitative estimate of drug-likeness (QED) is 0.330. The maximum atomic E-state index is 10.7. The van der Waals surface area contributed by atoms with Gasteiger partial charge in [0.05, 0.1) is 0 Å². The van der Waals surface area contributed by atoms with Crippen LogP contribution < -0.4 is 29.6 Å². The molecule has 0 unspecified atom stereocenters. The van der Waals surface area contributed by atoms with Crippen LogP contribution in [0.1, 0.15) is 21.7 Å². The molecule has 0 bridgehead atoms. The third-order valence-corrected chi connectivity index (χ3v) is 1.38. The van der Waals surface area contributed by atoms with E-state index in [4.69, 9.17) is 4.55 Å². The van der Waals surface area contributed by atoms with E-state index in [1.54, 1.807) is 6.92 Å². The van der Waals surface area contributed by atoms with Crippen LogP contribution in [0.15, 0.2) is 11.6 Å². The van der Waals surface area contributed by atoms with Crippen molar-refractivity contribution < 1.29 is 52.9 Å². The zero-order chi connectivity index (χ0) is 9.78. The first kappa shape index (κ1) is 15.6. The fraction of sp³-hybridized carbons (Fsp3) is 0.500. The summed E-state index contributed by atoms with van der Waals surface area (Å²) in [5.41, 5.74) is 0.148. The molecule has 0 aromatic carbocycles. The Morgan fingerprint density at radius 2 is 2.08 bits per heavy atom. The zero-order valence-corrected chi connectivity index (χ0v) is 10.6. The Morgan fingerprint density at radius 1 is 1.62 bits per heavy atom. The van der Waals surface area contributed by atoms with Gasteiger partial charge in [-0.3, -0.25) is 4.55 Å².